The molecule has 1 amide bonds. The molecule has 2 rings (SSSR count). The number of hydrogen-bond acceptors (Lipinski definition) is 5. The first-order chi connectivity index (χ1) is 11.3. The van der Waals surface area contributed by atoms with Crippen molar-refractivity contribution < 1.29 is 22.7 Å². The zero-order chi connectivity index (χ0) is 17.9. The summed E-state index contributed by atoms with van der Waals surface area (Å²) in [5.74, 6) is -0.00178. The summed E-state index contributed by atoms with van der Waals surface area (Å²) in [6.07, 6.45) is 1.18. The van der Waals surface area contributed by atoms with Crippen LogP contribution < -0.4 is 0 Å². The van der Waals surface area contributed by atoms with Crippen LogP contribution in [0, 0.1) is 6.92 Å². The highest BCUT2D eigenvalue weighted by Crippen LogP contribution is 2.32. The van der Waals surface area contributed by atoms with E-state index in [2.05, 4.69) is 0 Å². The molecule has 1 atom stereocenters. The summed E-state index contributed by atoms with van der Waals surface area (Å²) in [6, 6.07) is 6.27. The molecule has 1 unspecified atom stereocenters. The average Bonchev–Trinajstić information content (AvgIpc) is 2.84. The molecule has 1 heterocycles. The number of aryl methyl sites for hydroxylation is 1. The summed E-state index contributed by atoms with van der Waals surface area (Å²) in [5.41, 5.74) is 1.20. The number of cyclic esters (lactones) is 1. The third-order valence-corrected chi connectivity index (χ3v) is 5.46. The maximum Gasteiger partial charge on any atom is 0.429 e. The minimum Gasteiger partial charge on any atom is -0.439 e. The van der Waals surface area contributed by atoms with E-state index in [1.54, 1.807) is 25.1 Å². The first-order valence-electron chi connectivity index (χ1n) is 7.79. The molecule has 0 saturated carbocycles. The molecule has 1 aliphatic rings. The van der Waals surface area contributed by atoms with Crippen molar-refractivity contribution in [3.8, 4) is 0 Å². The first-order valence-corrected chi connectivity index (χ1v) is 9.23. The maximum atomic E-state index is 12.8. The lowest BCUT2D eigenvalue weighted by molar-refractivity contribution is -0.116. The van der Waals surface area contributed by atoms with Gasteiger partial charge in [-0.1, -0.05) is 30.7 Å². The molecule has 1 fully saturated rings. The number of nitrogens with zero attached hydrogens (tertiary/aromatic N) is 1. The molecular formula is C17H21NO5S. The van der Waals surface area contributed by atoms with Gasteiger partial charge in [0, 0.05) is 6.42 Å². The van der Waals surface area contributed by atoms with Gasteiger partial charge in [0.05, 0.1) is 10.6 Å². The number of carbonyl (C=O) groups is 2. The van der Waals surface area contributed by atoms with Crippen LogP contribution in [0.25, 0.3) is 0 Å². The summed E-state index contributed by atoms with van der Waals surface area (Å²) in [5, 5.41) is 0. The van der Waals surface area contributed by atoms with E-state index in [4.69, 9.17) is 4.74 Å². The summed E-state index contributed by atoms with van der Waals surface area (Å²) in [4.78, 5) is 23.3. The fraction of sp³-hybridized carbons (Fsp3) is 0.412. The second-order valence-corrected chi connectivity index (χ2v) is 7.52. The Balaban J connectivity index is 2.41. The van der Waals surface area contributed by atoms with E-state index in [9.17, 15) is 18.0 Å². The largest absolute Gasteiger partial charge is 0.439 e. The topological polar surface area (TPSA) is 80.8 Å². The summed E-state index contributed by atoms with van der Waals surface area (Å²) >= 11 is 0. The van der Waals surface area contributed by atoms with Crippen LogP contribution in [0.4, 0.5) is 4.79 Å². The number of carbonyl (C=O) groups excluding carboxylic acids is 2. The normalized spacial score (nSPS) is 19.6. The monoisotopic (exact) mass is 351 g/mol. The van der Waals surface area contributed by atoms with E-state index < -0.39 is 22.2 Å². The van der Waals surface area contributed by atoms with Crippen LogP contribution in [0.15, 0.2) is 40.9 Å². The Morgan fingerprint density at radius 2 is 1.92 bits per heavy atom. The molecule has 1 aromatic carbocycles. The lowest BCUT2D eigenvalue weighted by Gasteiger charge is -2.17. The first kappa shape index (κ1) is 18.2. The Morgan fingerprint density at radius 3 is 2.46 bits per heavy atom. The van der Waals surface area contributed by atoms with E-state index in [1.165, 1.54) is 19.1 Å². The standard InChI is InChI=1S/C17H21NO5S/c1-4-16-15(7-5-6-13(3)19)18(17(20)23-16)24(21,22)14-10-8-12(2)9-11-14/h7-11,16H,4-6H2,1-3H3/b15-7+. The van der Waals surface area contributed by atoms with E-state index >= 15 is 0 Å². The highest BCUT2D eigenvalue weighted by atomic mass is 32.2. The van der Waals surface area contributed by atoms with Crippen LogP contribution in [-0.2, 0) is 19.6 Å². The van der Waals surface area contributed by atoms with Gasteiger partial charge >= 0.3 is 6.09 Å². The van der Waals surface area contributed by atoms with Gasteiger partial charge < -0.3 is 9.53 Å². The minimum atomic E-state index is -4.04. The summed E-state index contributed by atoms with van der Waals surface area (Å²) in [7, 11) is -4.04. The van der Waals surface area contributed by atoms with E-state index in [0.717, 1.165) is 5.56 Å². The molecule has 1 aromatic rings. The van der Waals surface area contributed by atoms with Crippen molar-refractivity contribution in [2.75, 3.05) is 0 Å². The van der Waals surface area contributed by atoms with Crippen LogP contribution in [0.3, 0.4) is 0 Å². The molecule has 130 valence electrons. The number of allylic oxidation sites excluding steroid dienone is 1. The second kappa shape index (κ2) is 7.17. The van der Waals surface area contributed by atoms with Crippen LogP contribution in [0.1, 0.15) is 38.7 Å². The molecule has 6 nitrogen and oxygen atoms in total. The fourth-order valence-electron chi connectivity index (χ4n) is 2.45. The number of hydrogen-bond donors (Lipinski definition) is 0. The van der Waals surface area contributed by atoms with E-state index in [1.807, 2.05) is 6.92 Å². The Morgan fingerprint density at radius 1 is 1.29 bits per heavy atom. The van der Waals surface area contributed by atoms with Gasteiger partial charge in [-0.05, 0) is 38.8 Å². The van der Waals surface area contributed by atoms with Crippen molar-refractivity contribution in [2.24, 2.45) is 0 Å². The van der Waals surface area contributed by atoms with Gasteiger partial charge in [0.2, 0.25) is 0 Å². The van der Waals surface area contributed by atoms with Crippen LogP contribution in [0.2, 0.25) is 0 Å². The van der Waals surface area contributed by atoms with Gasteiger partial charge in [-0.2, -0.15) is 4.31 Å². The quantitative estimate of drug-likeness (QED) is 0.786. The summed E-state index contributed by atoms with van der Waals surface area (Å²) in [6.45, 7) is 5.12. The van der Waals surface area contributed by atoms with E-state index in [-0.39, 0.29) is 22.8 Å². The Kier molecular flexibility index (Phi) is 5.43. The molecular weight excluding hydrogens is 330 g/mol. The Labute approximate surface area is 142 Å². The van der Waals surface area contributed by atoms with Crippen molar-refractivity contribution in [1.82, 2.24) is 4.31 Å². The van der Waals surface area contributed by atoms with E-state index in [0.29, 0.717) is 17.1 Å². The van der Waals surface area contributed by atoms with Gasteiger partial charge in [0.15, 0.2) is 0 Å². The van der Waals surface area contributed by atoms with Gasteiger partial charge in [0.1, 0.15) is 11.9 Å². The molecule has 7 heteroatoms. The highest BCUT2D eigenvalue weighted by molar-refractivity contribution is 7.89. The van der Waals surface area contributed by atoms with Crippen LogP contribution in [0.5, 0.6) is 0 Å². The molecule has 0 bridgehead atoms. The van der Waals surface area contributed by atoms with Gasteiger partial charge in [-0.3, -0.25) is 0 Å². The minimum absolute atomic E-state index is 0.00178. The predicted molar refractivity (Wildman–Crippen MR) is 88.8 cm³/mol. The number of benzene rings is 1. The smallest absolute Gasteiger partial charge is 0.429 e. The van der Waals surface area contributed by atoms with Crippen molar-refractivity contribution in [2.45, 2.75) is 51.0 Å². The number of sulfonamides is 1. The van der Waals surface area contributed by atoms with Crippen molar-refractivity contribution in [1.29, 1.82) is 0 Å². The lowest BCUT2D eigenvalue weighted by atomic mass is 10.1. The average molecular weight is 351 g/mol. The molecule has 1 saturated heterocycles. The molecule has 0 spiro atoms. The third kappa shape index (κ3) is 3.67. The fourth-order valence-corrected chi connectivity index (χ4v) is 3.85. The number of ether oxygens (including phenoxy) is 1. The number of amides is 1. The highest BCUT2D eigenvalue weighted by Gasteiger charge is 2.43. The maximum absolute atomic E-state index is 12.8. The molecule has 0 aromatic heterocycles. The Hall–Kier alpha value is -2.15. The van der Waals surface area contributed by atoms with Gasteiger partial charge in [-0.25, -0.2) is 13.2 Å². The zero-order valence-electron chi connectivity index (χ0n) is 14.0. The number of rotatable bonds is 6. The number of Topliss-reactive ketones (excluding diaryl/α,β-unsaturated/α-hetero) is 1. The molecule has 0 aliphatic carbocycles. The Bertz CT molecular complexity index is 765. The second-order valence-electron chi connectivity index (χ2n) is 5.73. The molecule has 24 heavy (non-hydrogen) atoms. The van der Waals surface area contributed by atoms with Crippen LogP contribution >= 0.6 is 0 Å². The predicted octanol–water partition coefficient (Wildman–Crippen LogP) is 3.17. The zero-order valence-corrected chi connectivity index (χ0v) is 14.8. The lowest BCUT2D eigenvalue weighted by Crippen LogP contribution is -2.31. The van der Waals surface area contributed by atoms with Gasteiger partial charge in [-0.15, -0.1) is 0 Å². The van der Waals surface area contributed by atoms with Crippen molar-refractivity contribution >= 4 is 21.9 Å². The molecule has 1 aliphatic heterocycles. The van der Waals surface area contributed by atoms with Crippen LogP contribution in [-0.4, -0.2) is 30.7 Å². The summed E-state index contributed by atoms with van der Waals surface area (Å²) < 4.78 is 31.6. The SMILES string of the molecule is CCC1OC(=O)N(S(=O)(=O)c2ccc(C)cc2)/C1=C/CCC(C)=O. The third-order valence-electron chi connectivity index (χ3n) is 3.75. The van der Waals surface area contributed by atoms with Crippen molar-refractivity contribution in [3.05, 3.63) is 41.6 Å². The van der Waals surface area contributed by atoms with Gasteiger partial charge in [0.25, 0.3) is 10.0 Å². The molecule has 0 radical (unpaired) electrons. The molecule has 0 N–H and O–H groups in total. The van der Waals surface area contributed by atoms with Crippen molar-refractivity contribution in [3.63, 3.8) is 0 Å². The number of ketones is 1.